The average molecular weight is 266 g/mol. The van der Waals surface area contributed by atoms with E-state index < -0.39 is 4.92 Å². The molecule has 0 saturated carbocycles. The largest absolute Gasteiger partial charge is 0.487 e. The molecule has 0 aromatic heterocycles. The maximum Gasteiger partial charge on any atom is 0.333 e. The van der Waals surface area contributed by atoms with Gasteiger partial charge < -0.3 is 10.1 Å². The van der Waals surface area contributed by atoms with Crippen LogP contribution in [0.2, 0.25) is 0 Å². The fraction of sp³-hybridized carbons (Fsp3) is 0.571. The van der Waals surface area contributed by atoms with Crippen molar-refractivity contribution >= 4 is 11.4 Å². The molecule has 0 aliphatic carbocycles. The molecule has 5 nitrogen and oxygen atoms in total. The van der Waals surface area contributed by atoms with Crippen LogP contribution in [-0.4, -0.2) is 18.1 Å². The number of rotatable bonds is 8. The molecule has 1 aromatic rings. The summed E-state index contributed by atoms with van der Waals surface area (Å²) < 4.78 is 5.55. The summed E-state index contributed by atoms with van der Waals surface area (Å²) in [6.07, 6.45) is 1.96. The molecule has 0 aliphatic rings. The minimum Gasteiger partial charge on any atom is -0.487 e. The summed E-state index contributed by atoms with van der Waals surface area (Å²) in [5, 5.41) is 14.1. The van der Waals surface area contributed by atoms with Crippen LogP contribution in [0.5, 0.6) is 5.75 Å². The molecule has 19 heavy (non-hydrogen) atoms. The second-order valence-electron chi connectivity index (χ2n) is 4.82. The van der Waals surface area contributed by atoms with Crippen LogP contribution in [0.4, 0.5) is 11.4 Å². The van der Waals surface area contributed by atoms with E-state index in [1.54, 1.807) is 18.2 Å². The first kappa shape index (κ1) is 15.3. The average Bonchev–Trinajstić information content (AvgIpc) is 2.34. The highest BCUT2D eigenvalue weighted by Crippen LogP contribution is 2.34. The summed E-state index contributed by atoms with van der Waals surface area (Å²) in [6, 6.07) is 5.11. The molecule has 0 atom stereocenters. The maximum absolute atomic E-state index is 11.1. The van der Waals surface area contributed by atoms with Gasteiger partial charge in [0.05, 0.1) is 11.5 Å². The minimum atomic E-state index is -0.393. The van der Waals surface area contributed by atoms with Crippen molar-refractivity contribution in [3.63, 3.8) is 0 Å². The number of benzene rings is 1. The van der Waals surface area contributed by atoms with Crippen molar-refractivity contribution in [1.29, 1.82) is 0 Å². The van der Waals surface area contributed by atoms with Crippen LogP contribution in [0.1, 0.15) is 33.6 Å². The molecule has 1 aromatic carbocycles. The Morgan fingerprint density at radius 1 is 1.42 bits per heavy atom. The molecule has 0 aliphatic heterocycles. The monoisotopic (exact) mass is 266 g/mol. The maximum atomic E-state index is 11.1. The predicted molar refractivity (Wildman–Crippen MR) is 76.8 cm³/mol. The number of ether oxygens (including phenoxy) is 1. The van der Waals surface area contributed by atoms with Gasteiger partial charge in [-0.15, -0.1) is 0 Å². The Hall–Kier alpha value is -1.78. The molecule has 1 rings (SSSR count). The van der Waals surface area contributed by atoms with Crippen LogP contribution in [0.25, 0.3) is 0 Å². The van der Waals surface area contributed by atoms with E-state index in [2.05, 4.69) is 19.2 Å². The number of nitrogens with zero attached hydrogens (tertiary/aromatic N) is 1. The zero-order chi connectivity index (χ0) is 14.3. The summed E-state index contributed by atoms with van der Waals surface area (Å²) in [7, 11) is 0. The van der Waals surface area contributed by atoms with Gasteiger partial charge in [-0.25, -0.2) is 0 Å². The molecule has 0 heterocycles. The van der Waals surface area contributed by atoms with Crippen molar-refractivity contribution in [1.82, 2.24) is 0 Å². The third-order valence-corrected chi connectivity index (χ3v) is 2.73. The lowest BCUT2D eigenvalue weighted by molar-refractivity contribution is -0.385. The quantitative estimate of drug-likeness (QED) is 0.441. The summed E-state index contributed by atoms with van der Waals surface area (Å²) in [5.41, 5.74) is 0.530. The Morgan fingerprint density at radius 2 is 2.16 bits per heavy atom. The van der Waals surface area contributed by atoms with Gasteiger partial charge in [-0.05, 0) is 37.8 Å². The molecule has 0 fully saturated rings. The Bertz CT molecular complexity index is 419. The van der Waals surface area contributed by atoms with Gasteiger partial charge in [0, 0.05) is 6.54 Å². The Morgan fingerprint density at radius 3 is 2.74 bits per heavy atom. The Kier molecular flexibility index (Phi) is 6.12. The first-order valence-electron chi connectivity index (χ1n) is 6.70. The number of para-hydroxylation sites is 1. The Balaban J connectivity index is 2.76. The van der Waals surface area contributed by atoms with E-state index >= 15 is 0 Å². The molecule has 0 saturated heterocycles. The fourth-order valence-electron chi connectivity index (χ4n) is 1.83. The third kappa shape index (κ3) is 4.77. The highest BCUT2D eigenvalue weighted by molar-refractivity contribution is 5.68. The molecule has 0 unspecified atom stereocenters. The smallest absolute Gasteiger partial charge is 0.333 e. The van der Waals surface area contributed by atoms with Gasteiger partial charge in [0.15, 0.2) is 5.75 Å². The predicted octanol–water partition coefficient (Wildman–Crippen LogP) is 3.84. The van der Waals surface area contributed by atoms with Crippen LogP contribution < -0.4 is 10.1 Å². The van der Waals surface area contributed by atoms with E-state index in [1.165, 1.54) is 0 Å². The lowest BCUT2D eigenvalue weighted by Crippen LogP contribution is -2.05. The van der Waals surface area contributed by atoms with E-state index in [-0.39, 0.29) is 5.69 Å². The summed E-state index contributed by atoms with van der Waals surface area (Å²) in [5.74, 6) is 0.957. The van der Waals surface area contributed by atoms with Gasteiger partial charge in [0.25, 0.3) is 0 Å². The van der Waals surface area contributed by atoms with Crippen LogP contribution in [0.15, 0.2) is 18.2 Å². The van der Waals surface area contributed by atoms with Crippen LogP contribution in [0.3, 0.4) is 0 Å². The lowest BCUT2D eigenvalue weighted by atomic mass is 10.1. The van der Waals surface area contributed by atoms with Crippen molar-refractivity contribution in [3.05, 3.63) is 28.3 Å². The van der Waals surface area contributed by atoms with Crippen LogP contribution in [0, 0.1) is 16.0 Å². The topological polar surface area (TPSA) is 64.4 Å². The number of hydrogen-bond acceptors (Lipinski definition) is 4. The fourth-order valence-corrected chi connectivity index (χ4v) is 1.83. The molecule has 0 amide bonds. The van der Waals surface area contributed by atoms with Gasteiger partial charge in [-0.3, -0.25) is 10.1 Å². The minimum absolute atomic E-state index is 0.0221. The number of nitrogens with one attached hydrogen (secondary N) is 1. The van der Waals surface area contributed by atoms with Crippen molar-refractivity contribution in [2.75, 3.05) is 18.5 Å². The van der Waals surface area contributed by atoms with Crippen LogP contribution in [-0.2, 0) is 0 Å². The van der Waals surface area contributed by atoms with E-state index in [9.17, 15) is 10.1 Å². The first-order valence-corrected chi connectivity index (χ1v) is 6.70. The van der Waals surface area contributed by atoms with Crippen molar-refractivity contribution in [2.45, 2.75) is 33.6 Å². The van der Waals surface area contributed by atoms with Gasteiger partial charge in [0.1, 0.15) is 5.69 Å². The Labute approximate surface area is 114 Å². The molecular weight excluding hydrogens is 244 g/mol. The number of anilines is 1. The van der Waals surface area contributed by atoms with Crippen LogP contribution >= 0.6 is 0 Å². The molecule has 5 heteroatoms. The second-order valence-corrected chi connectivity index (χ2v) is 4.82. The highest BCUT2D eigenvalue weighted by atomic mass is 16.6. The van der Waals surface area contributed by atoms with Gasteiger partial charge in [0.2, 0.25) is 0 Å². The number of nitro groups is 1. The first-order chi connectivity index (χ1) is 9.06. The molecule has 0 spiro atoms. The van der Waals surface area contributed by atoms with E-state index in [0.717, 1.165) is 12.8 Å². The van der Waals surface area contributed by atoms with Crippen molar-refractivity contribution < 1.29 is 9.66 Å². The zero-order valence-electron chi connectivity index (χ0n) is 11.8. The zero-order valence-corrected chi connectivity index (χ0v) is 11.8. The molecule has 0 radical (unpaired) electrons. The third-order valence-electron chi connectivity index (χ3n) is 2.73. The van der Waals surface area contributed by atoms with Crippen molar-refractivity contribution in [2.24, 2.45) is 5.92 Å². The molecule has 1 N–H and O–H groups in total. The summed E-state index contributed by atoms with van der Waals surface area (Å²) in [6.45, 7) is 7.34. The lowest BCUT2D eigenvalue weighted by Gasteiger charge is -2.11. The number of hydrogen-bond donors (Lipinski definition) is 1. The molecular formula is C14H22N2O3. The van der Waals surface area contributed by atoms with Gasteiger partial charge in [-0.1, -0.05) is 19.9 Å². The normalized spacial score (nSPS) is 10.5. The molecule has 106 valence electrons. The van der Waals surface area contributed by atoms with Gasteiger partial charge >= 0.3 is 5.69 Å². The summed E-state index contributed by atoms with van der Waals surface area (Å²) >= 11 is 0. The molecule has 0 bridgehead atoms. The second kappa shape index (κ2) is 7.61. The summed E-state index contributed by atoms with van der Waals surface area (Å²) in [4.78, 5) is 10.8. The van der Waals surface area contributed by atoms with E-state index in [0.29, 0.717) is 30.5 Å². The highest BCUT2D eigenvalue weighted by Gasteiger charge is 2.20. The SMILES string of the molecule is CCNc1cccc(OCCCC(C)C)c1[N+](=O)[O-]. The van der Waals surface area contributed by atoms with E-state index in [1.807, 2.05) is 6.92 Å². The van der Waals surface area contributed by atoms with Crippen molar-refractivity contribution in [3.8, 4) is 5.75 Å². The van der Waals surface area contributed by atoms with Gasteiger partial charge in [-0.2, -0.15) is 0 Å². The van der Waals surface area contributed by atoms with E-state index in [4.69, 9.17) is 4.74 Å². The standard InChI is InChI=1S/C14H22N2O3/c1-4-15-12-8-5-9-13(14(12)16(17)18)19-10-6-7-11(2)3/h5,8-9,11,15H,4,6-7,10H2,1-3H3. The number of nitro benzene ring substituents is 1.